The fraction of sp³-hybridized carbons (Fsp3) is 0.917. The topological polar surface area (TPSA) is 81.1 Å². The Hall–Kier alpha value is -0.610. The number of hydrogen-bond donors (Lipinski definition) is 3. The molecule has 0 spiro atoms. The first-order valence-electron chi connectivity index (χ1n) is 6.34. The van der Waals surface area contributed by atoms with E-state index in [1.54, 1.807) is 0 Å². The van der Waals surface area contributed by atoms with Crippen molar-refractivity contribution in [3.63, 3.8) is 0 Å². The van der Waals surface area contributed by atoms with Crippen LogP contribution in [0.2, 0.25) is 0 Å². The number of amides is 1. The molecular formula is C12H25N3O. The molecule has 0 radical (unpaired) electrons. The number of nitrogens with two attached hydrogens (primary N) is 2. The highest BCUT2D eigenvalue weighted by molar-refractivity contribution is 5.79. The van der Waals surface area contributed by atoms with Crippen molar-refractivity contribution in [1.29, 1.82) is 0 Å². The van der Waals surface area contributed by atoms with Gasteiger partial charge in [-0.25, -0.2) is 0 Å². The molecule has 0 bridgehead atoms. The van der Waals surface area contributed by atoms with Crippen molar-refractivity contribution in [2.45, 2.75) is 57.5 Å². The zero-order valence-corrected chi connectivity index (χ0v) is 10.5. The first kappa shape index (κ1) is 13.5. The van der Waals surface area contributed by atoms with Crippen LogP contribution in [-0.4, -0.2) is 24.0 Å². The predicted molar refractivity (Wildman–Crippen MR) is 65.8 cm³/mol. The van der Waals surface area contributed by atoms with Gasteiger partial charge in [0.1, 0.15) is 0 Å². The highest BCUT2D eigenvalue weighted by atomic mass is 16.2. The molecule has 1 rings (SSSR count). The van der Waals surface area contributed by atoms with E-state index in [0.717, 1.165) is 32.1 Å². The summed E-state index contributed by atoms with van der Waals surface area (Å²) < 4.78 is 0. The Balaban J connectivity index is 2.55. The highest BCUT2D eigenvalue weighted by Crippen LogP contribution is 2.25. The summed E-state index contributed by atoms with van der Waals surface area (Å²) in [5, 5.41) is 3.12. The van der Waals surface area contributed by atoms with Crippen molar-refractivity contribution in [3.8, 4) is 0 Å². The second kappa shape index (κ2) is 5.64. The van der Waals surface area contributed by atoms with Crippen molar-refractivity contribution in [3.05, 3.63) is 0 Å². The van der Waals surface area contributed by atoms with Gasteiger partial charge in [-0.2, -0.15) is 0 Å². The van der Waals surface area contributed by atoms with Gasteiger partial charge < -0.3 is 16.8 Å². The largest absolute Gasteiger partial charge is 0.349 e. The Bertz CT molecular complexity index is 230. The van der Waals surface area contributed by atoms with Crippen molar-refractivity contribution in [2.75, 3.05) is 6.54 Å². The van der Waals surface area contributed by atoms with Gasteiger partial charge in [0.15, 0.2) is 0 Å². The molecule has 0 heterocycles. The Labute approximate surface area is 98.1 Å². The van der Waals surface area contributed by atoms with Crippen LogP contribution >= 0.6 is 0 Å². The molecule has 1 amide bonds. The monoisotopic (exact) mass is 227 g/mol. The number of nitrogens with one attached hydrogen (secondary N) is 1. The van der Waals surface area contributed by atoms with Gasteiger partial charge in [-0.1, -0.05) is 13.8 Å². The molecule has 2 unspecified atom stereocenters. The van der Waals surface area contributed by atoms with Crippen LogP contribution in [-0.2, 0) is 4.79 Å². The molecule has 0 aromatic rings. The molecule has 16 heavy (non-hydrogen) atoms. The smallest absolute Gasteiger partial charge is 0.223 e. The normalized spacial score (nSPS) is 25.8. The Morgan fingerprint density at radius 1 is 1.38 bits per heavy atom. The van der Waals surface area contributed by atoms with Gasteiger partial charge in [0.2, 0.25) is 5.91 Å². The molecule has 4 heteroatoms. The Morgan fingerprint density at radius 3 is 2.38 bits per heavy atom. The Morgan fingerprint density at radius 2 is 2.00 bits per heavy atom. The third-order valence-electron chi connectivity index (χ3n) is 3.98. The lowest BCUT2D eigenvalue weighted by Crippen LogP contribution is -2.54. The molecule has 2 atom stereocenters. The lowest BCUT2D eigenvalue weighted by Gasteiger charge is -2.32. The quantitative estimate of drug-likeness (QED) is 0.648. The van der Waals surface area contributed by atoms with Crippen LogP contribution < -0.4 is 16.8 Å². The second-order valence-corrected chi connectivity index (χ2v) is 4.95. The predicted octanol–water partition coefficient (Wildman–Crippen LogP) is 0.748. The van der Waals surface area contributed by atoms with E-state index in [1.165, 1.54) is 0 Å². The number of carbonyl (C=O) groups is 1. The zero-order valence-electron chi connectivity index (χ0n) is 10.5. The van der Waals surface area contributed by atoms with Gasteiger partial charge in [0, 0.05) is 18.5 Å². The van der Waals surface area contributed by atoms with E-state index in [2.05, 4.69) is 19.2 Å². The van der Waals surface area contributed by atoms with Crippen LogP contribution in [0.15, 0.2) is 0 Å². The SMILES string of the molecule is CCC(CC)(CN)NC(=O)C1CCC(N)C1. The number of rotatable bonds is 5. The fourth-order valence-electron chi connectivity index (χ4n) is 2.38. The van der Waals surface area contributed by atoms with Gasteiger partial charge >= 0.3 is 0 Å². The first-order valence-corrected chi connectivity index (χ1v) is 6.34. The van der Waals surface area contributed by atoms with Gasteiger partial charge in [0.25, 0.3) is 0 Å². The van der Waals surface area contributed by atoms with E-state index >= 15 is 0 Å². The molecule has 5 N–H and O–H groups in total. The zero-order chi connectivity index (χ0) is 12.2. The van der Waals surface area contributed by atoms with E-state index in [-0.39, 0.29) is 23.4 Å². The minimum atomic E-state index is -0.218. The molecule has 1 aliphatic rings. The molecule has 1 saturated carbocycles. The lowest BCUT2D eigenvalue weighted by atomic mass is 9.91. The summed E-state index contributed by atoms with van der Waals surface area (Å²) >= 11 is 0. The van der Waals surface area contributed by atoms with Crippen LogP contribution in [0.4, 0.5) is 0 Å². The molecule has 1 fully saturated rings. The van der Waals surface area contributed by atoms with Crippen molar-refractivity contribution < 1.29 is 4.79 Å². The lowest BCUT2D eigenvalue weighted by molar-refractivity contribution is -0.126. The first-order chi connectivity index (χ1) is 7.56. The van der Waals surface area contributed by atoms with E-state index in [4.69, 9.17) is 11.5 Å². The highest BCUT2D eigenvalue weighted by Gasteiger charge is 2.33. The fourth-order valence-corrected chi connectivity index (χ4v) is 2.38. The molecular weight excluding hydrogens is 202 g/mol. The minimum absolute atomic E-state index is 0.0963. The molecule has 0 aliphatic heterocycles. The van der Waals surface area contributed by atoms with Gasteiger partial charge in [-0.05, 0) is 32.1 Å². The van der Waals surface area contributed by atoms with Gasteiger partial charge in [0.05, 0.1) is 5.54 Å². The van der Waals surface area contributed by atoms with Crippen molar-refractivity contribution in [1.82, 2.24) is 5.32 Å². The van der Waals surface area contributed by atoms with Crippen molar-refractivity contribution in [2.24, 2.45) is 17.4 Å². The van der Waals surface area contributed by atoms with Gasteiger partial charge in [-0.15, -0.1) is 0 Å². The maximum atomic E-state index is 12.1. The van der Waals surface area contributed by atoms with Gasteiger partial charge in [-0.3, -0.25) is 4.79 Å². The molecule has 0 aromatic carbocycles. The summed E-state index contributed by atoms with van der Waals surface area (Å²) in [6.07, 6.45) is 4.46. The molecule has 0 aromatic heterocycles. The summed E-state index contributed by atoms with van der Waals surface area (Å²) in [6.45, 7) is 4.64. The average Bonchev–Trinajstić information content (AvgIpc) is 2.73. The summed E-state index contributed by atoms with van der Waals surface area (Å²) in [5.74, 6) is 0.237. The van der Waals surface area contributed by atoms with Crippen LogP contribution in [0.1, 0.15) is 46.0 Å². The van der Waals surface area contributed by atoms with Crippen molar-refractivity contribution >= 4 is 5.91 Å². The van der Waals surface area contributed by atoms with Crippen LogP contribution in [0.5, 0.6) is 0 Å². The number of carbonyl (C=O) groups excluding carboxylic acids is 1. The Kier molecular flexibility index (Phi) is 4.74. The average molecular weight is 227 g/mol. The number of hydrogen-bond acceptors (Lipinski definition) is 3. The molecule has 94 valence electrons. The maximum absolute atomic E-state index is 12.1. The third-order valence-corrected chi connectivity index (χ3v) is 3.98. The minimum Gasteiger partial charge on any atom is -0.349 e. The summed E-state index contributed by atoms with van der Waals surface area (Å²) in [6, 6.07) is 0.200. The van der Waals surface area contributed by atoms with Crippen LogP contribution in [0.3, 0.4) is 0 Å². The molecule has 0 saturated heterocycles. The van der Waals surface area contributed by atoms with E-state index < -0.39 is 0 Å². The van der Waals surface area contributed by atoms with Crippen LogP contribution in [0.25, 0.3) is 0 Å². The van der Waals surface area contributed by atoms with Crippen LogP contribution in [0, 0.1) is 5.92 Å². The summed E-state index contributed by atoms with van der Waals surface area (Å²) in [4.78, 5) is 12.1. The second-order valence-electron chi connectivity index (χ2n) is 4.95. The van der Waals surface area contributed by atoms with E-state index in [9.17, 15) is 4.79 Å². The molecule has 4 nitrogen and oxygen atoms in total. The third kappa shape index (κ3) is 2.95. The van der Waals surface area contributed by atoms with E-state index in [0.29, 0.717) is 6.54 Å². The maximum Gasteiger partial charge on any atom is 0.223 e. The summed E-state index contributed by atoms with van der Waals surface area (Å²) in [7, 11) is 0. The summed E-state index contributed by atoms with van der Waals surface area (Å²) in [5.41, 5.74) is 11.4. The standard InChI is InChI=1S/C12H25N3O/c1-3-12(4-2,8-13)15-11(16)9-5-6-10(14)7-9/h9-10H,3-8,13-14H2,1-2H3,(H,15,16). The molecule has 1 aliphatic carbocycles. The van der Waals surface area contributed by atoms with E-state index in [1.807, 2.05) is 0 Å².